The number of nitrogens with zero attached hydrogens (tertiary/aromatic N) is 3. The third-order valence-electron chi connectivity index (χ3n) is 10.9. The number of fused-ring (bicyclic) bond motifs is 6. The van der Waals surface area contributed by atoms with Gasteiger partial charge in [-0.1, -0.05) is 182 Å². The first-order valence-corrected chi connectivity index (χ1v) is 19.2. The Balaban J connectivity index is 1.06. The quantitative estimate of drug-likeness (QED) is 0.171. The molecule has 0 unspecified atom stereocenters. The van der Waals surface area contributed by atoms with Gasteiger partial charge < -0.3 is 4.42 Å². The Morgan fingerprint density at radius 1 is 0.298 bits per heavy atom. The van der Waals surface area contributed by atoms with Crippen LogP contribution >= 0.6 is 0 Å². The SMILES string of the molecule is c1ccc(-c2cccc(-c3nc(-c4ccccc4)nc(-c4cc5oc6c(-c7ccc(-c8ccc9ccccc9c8)cc7)cccc6c5c5ccccc45)n3)c2)cc1. The zero-order valence-electron chi connectivity index (χ0n) is 30.8. The molecule has 0 saturated carbocycles. The van der Waals surface area contributed by atoms with Crippen LogP contribution in [0.1, 0.15) is 0 Å². The number of furan rings is 1. The summed E-state index contributed by atoms with van der Waals surface area (Å²) in [5, 5.41) is 6.76. The van der Waals surface area contributed by atoms with E-state index in [9.17, 15) is 0 Å². The zero-order valence-corrected chi connectivity index (χ0v) is 30.8. The second kappa shape index (κ2) is 13.6. The highest BCUT2D eigenvalue weighted by Crippen LogP contribution is 2.43. The summed E-state index contributed by atoms with van der Waals surface area (Å²) in [5.41, 5.74) is 11.1. The summed E-state index contributed by atoms with van der Waals surface area (Å²) >= 11 is 0. The summed E-state index contributed by atoms with van der Waals surface area (Å²) in [6.45, 7) is 0. The van der Waals surface area contributed by atoms with Crippen molar-refractivity contribution >= 4 is 43.5 Å². The Morgan fingerprint density at radius 3 is 1.65 bits per heavy atom. The predicted octanol–water partition coefficient (Wildman–Crippen LogP) is 14.1. The summed E-state index contributed by atoms with van der Waals surface area (Å²) in [6.07, 6.45) is 0. The zero-order chi connectivity index (χ0) is 37.7. The lowest BCUT2D eigenvalue weighted by molar-refractivity contribution is 0.670. The van der Waals surface area contributed by atoms with Gasteiger partial charge in [0.05, 0.1) is 0 Å². The molecule has 0 radical (unpaired) electrons. The van der Waals surface area contributed by atoms with Crippen LogP contribution in [0.4, 0.5) is 0 Å². The van der Waals surface area contributed by atoms with Gasteiger partial charge >= 0.3 is 0 Å². The number of para-hydroxylation sites is 1. The van der Waals surface area contributed by atoms with Crippen LogP contribution < -0.4 is 0 Å². The molecule has 0 aliphatic heterocycles. The number of aromatic nitrogens is 3. The first kappa shape index (κ1) is 32.7. The van der Waals surface area contributed by atoms with Gasteiger partial charge in [-0.2, -0.15) is 0 Å². The highest BCUT2D eigenvalue weighted by atomic mass is 16.3. The molecule has 4 nitrogen and oxygen atoms in total. The Kier molecular flexibility index (Phi) is 7.78. The van der Waals surface area contributed by atoms with Crippen molar-refractivity contribution in [1.82, 2.24) is 15.0 Å². The molecule has 57 heavy (non-hydrogen) atoms. The molecule has 0 saturated heterocycles. The van der Waals surface area contributed by atoms with E-state index in [4.69, 9.17) is 19.4 Å². The van der Waals surface area contributed by atoms with Crippen LogP contribution in [0.25, 0.3) is 111 Å². The lowest BCUT2D eigenvalue weighted by Crippen LogP contribution is -2.00. The van der Waals surface area contributed by atoms with Crippen LogP contribution in [0.5, 0.6) is 0 Å². The average molecular weight is 728 g/mol. The van der Waals surface area contributed by atoms with Gasteiger partial charge in [-0.25, -0.2) is 15.0 Å². The van der Waals surface area contributed by atoms with Crippen molar-refractivity contribution in [3.63, 3.8) is 0 Å². The first-order valence-electron chi connectivity index (χ1n) is 19.2. The number of benzene rings is 9. The third-order valence-corrected chi connectivity index (χ3v) is 10.9. The van der Waals surface area contributed by atoms with E-state index in [1.54, 1.807) is 0 Å². The molecule has 4 heteroatoms. The van der Waals surface area contributed by atoms with E-state index in [0.29, 0.717) is 17.5 Å². The summed E-state index contributed by atoms with van der Waals surface area (Å²) in [5.74, 6) is 1.82. The van der Waals surface area contributed by atoms with E-state index < -0.39 is 0 Å². The maximum absolute atomic E-state index is 6.89. The Hall–Kier alpha value is -7.69. The minimum Gasteiger partial charge on any atom is -0.455 e. The Bertz CT molecular complexity index is 3280. The summed E-state index contributed by atoms with van der Waals surface area (Å²) < 4.78 is 6.89. The molecule has 11 rings (SSSR count). The minimum atomic E-state index is 0.590. The average Bonchev–Trinajstić information content (AvgIpc) is 3.68. The van der Waals surface area contributed by atoms with Crippen molar-refractivity contribution < 1.29 is 4.42 Å². The maximum atomic E-state index is 6.89. The number of hydrogen-bond acceptors (Lipinski definition) is 4. The Labute approximate surface area is 329 Å². The van der Waals surface area contributed by atoms with Crippen molar-refractivity contribution in [2.24, 2.45) is 0 Å². The van der Waals surface area contributed by atoms with Crippen molar-refractivity contribution in [3.8, 4) is 67.5 Å². The minimum absolute atomic E-state index is 0.590. The van der Waals surface area contributed by atoms with Crippen molar-refractivity contribution in [3.05, 3.63) is 200 Å². The van der Waals surface area contributed by atoms with E-state index in [1.165, 1.54) is 21.9 Å². The topological polar surface area (TPSA) is 51.8 Å². The summed E-state index contributed by atoms with van der Waals surface area (Å²) in [7, 11) is 0. The van der Waals surface area contributed by atoms with Crippen molar-refractivity contribution in [2.75, 3.05) is 0 Å². The van der Waals surface area contributed by atoms with E-state index in [1.807, 2.05) is 36.4 Å². The van der Waals surface area contributed by atoms with Crippen LogP contribution in [0, 0.1) is 0 Å². The monoisotopic (exact) mass is 727 g/mol. The molecule has 11 aromatic rings. The van der Waals surface area contributed by atoms with Crippen LogP contribution in [0.2, 0.25) is 0 Å². The largest absolute Gasteiger partial charge is 0.455 e. The standard InChI is InChI=1S/C53H33N3O/c1-3-13-34(14-4-1)40-19-11-20-42(32-40)52-54-51(38-16-5-2-6-17-38)55-53(56-52)47-33-48-49(45-22-10-9-21-44(45)47)46-24-12-23-43(50(46)57-48)37-28-25-36(26-29-37)41-30-27-35-15-7-8-18-39(35)31-41/h1-33H. The summed E-state index contributed by atoms with van der Waals surface area (Å²) in [6, 6.07) is 69.8. The molecule has 0 bridgehead atoms. The maximum Gasteiger partial charge on any atom is 0.164 e. The summed E-state index contributed by atoms with van der Waals surface area (Å²) in [4.78, 5) is 15.4. The lowest BCUT2D eigenvalue weighted by Gasteiger charge is -2.11. The highest BCUT2D eigenvalue weighted by Gasteiger charge is 2.20. The molecule has 2 aromatic heterocycles. The van der Waals surface area contributed by atoms with Crippen LogP contribution in [0.15, 0.2) is 205 Å². The fraction of sp³-hybridized carbons (Fsp3) is 0. The number of rotatable bonds is 6. The van der Waals surface area contributed by atoms with Crippen LogP contribution in [0.3, 0.4) is 0 Å². The molecular formula is C53H33N3O. The third kappa shape index (κ3) is 5.83. The van der Waals surface area contributed by atoms with Crippen molar-refractivity contribution in [1.29, 1.82) is 0 Å². The first-order chi connectivity index (χ1) is 28.2. The molecule has 0 aliphatic carbocycles. The van der Waals surface area contributed by atoms with E-state index in [-0.39, 0.29) is 0 Å². The van der Waals surface area contributed by atoms with Gasteiger partial charge in [0.1, 0.15) is 11.2 Å². The molecule has 0 fully saturated rings. The normalized spacial score (nSPS) is 11.5. The lowest BCUT2D eigenvalue weighted by atomic mass is 9.96. The van der Waals surface area contributed by atoms with E-state index in [0.717, 1.165) is 71.7 Å². The fourth-order valence-corrected chi connectivity index (χ4v) is 8.10. The van der Waals surface area contributed by atoms with Gasteiger partial charge in [0.15, 0.2) is 17.5 Å². The van der Waals surface area contributed by atoms with Crippen LogP contribution in [-0.2, 0) is 0 Å². The van der Waals surface area contributed by atoms with Crippen molar-refractivity contribution in [2.45, 2.75) is 0 Å². The molecule has 9 aromatic carbocycles. The second-order valence-corrected chi connectivity index (χ2v) is 14.4. The van der Waals surface area contributed by atoms with Gasteiger partial charge in [-0.3, -0.25) is 0 Å². The molecule has 266 valence electrons. The van der Waals surface area contributed by atoms with Crippen LogP contribution in [-0.4, -0.2) is 15.0 Å². The Morgan fingerprint density at radius 2 is 0.842 bits per heavy atom. The second-order valence-electron chi connectivity index (χ2n) is 14.4. The van der Waals surface area contributed by atoms with Gasteiger partial charge in [0.2, 0.25) is 0 Å². The fourth-order valence-electron chi connectivity index (χ4n) is 8.10. The molecule has 0 amide bonds. The molecule has 0 aliphatic rings. The smallest absolute Gasteiger partial charge is 0.164 e. The molecule has 0 atom stereocenters. The van der Waals surface area contributed by atoms with E-state index in [2.05, 4.69) is 164 Å². The van der Waals surface area contributed by atoms with Gasteiger partial charge in [0.25, 0.3) is 0 Å². The van der Waals surface area contributed by atoms with Gasteiger partial charge in [-0.05, 0) is 67.6 Å². The highest BCUT2D eigenvalue weighted by molar-refractivity contribution is 6.23. The van der Waals surface area contributed by atoms with E-state index >= 15 is 0 Å². The molecule has 0 spiro atoms. The predicted molar refractivity (Wildman–Crippen MR) is 235 cm³/mol. The molecule has 2 heterocycles. The number of hydrogen-bond donors (Lipinski definition) is 0. The van der Waals surface area contributed by atoms with Gasteiger partial charge in [-0.15, -0.1) is 0 Å². The molecule has 0 N–H and O–H groups in total. The van der Waals surface area contributed by atoms with Gasteiger partial charge in [0, 0.05) is 33.0 Å². The molecular weight excluding hydrogens is 695 g/mol.